The van der Waals surface area contributed by atoms with Gasteiger partial charge >= 0.3 is 19.3 Å². The van der Waals surface area contributed by atoms with E-state index >= 15 is 0 Å². The summed E-state index contributed by atoms with van der Waals surface area (Å²) in [5, 5.41) is 9.72. The predicted octanol–water partition coefficient (Wildman–Crippen LogP) is 7.41. The summed E-state index contributed by atoms with van der Waals surface area (Å²) in [6.07, 6.45) is 5.25. The maximum Gasteiger partial charge on any atom is 0.498 e. The summed E-state index contributed by atoms with van der Waals surface area (Å²) in [7, 11) is -0.536. The SMILES string of the molecule is CC(C)(C)OC(=O)n1cc(-c2cc(Cl)cc(N3CCOCC3)n2)cn1.CC(C)(C)OC(=O)n1cc(B2OC(C)(C)C(C)(C)O2)cn1.Clc1cc(Cl)nc(N2CCOCC2)c1. The van der Waals surface area contributed by atoms with Gasteiger partial charge in [0.15, 0.2) is 0 Å². The maximum absolute atomic E-state index is 12.1. The van der Waals surface area contributed by atoms with E-state index in [0.717, 1.165) is 60.4 Å². The number of hydrogen-bond donors (Lipinski definition) is 0. The van der Waals surface area contributed by atoms with Crippen molar-refractivity contribution >= 4 is 71.2 Å². The van der Waals surface area contributed by atoms with Gasteiger partial charge in [0.2, 0.25) is 0 Å². The maximum atomic E-state index is 12.1. The Balaban J connectivity index is 0.000000177. The molecule has 0 spiro atoms. The summed E-state index contributed by atoms with van der Waals surface area (Å²) in [5.41, 5.74) is 0.0533. The highest BCUT2D eigenvalue weighted by molar-refractivity contribution is 6.62. The Bertz CT molecular complexity index is 2050. The average molecular weight is 892 g/mol. The fourth-order valence-electron chi connectivity index (χ4n) is 5.70. The van der Waals surface area contributed by atoms with Crippen molar-refractivity contribution in [2.24, 2.45) is 0 Å². The summed E-state index contributed by atoms with van der Waals surface area (Å²) < 4.78 is 35.3. The van der Waals surface area contributed by atoms with E-state index in [2.05, 4.69) is 30.0 Å². The first-order valence-corrected chi connectivity index (χ1v) is 20.7. The van der Waals surface area contributed by atoms with Gasteiger partial charge in [-0.3, -0.25) is 0 Å². The van der Waals surface area contributed by atoms with E-state index < -0.39 is 41.7 Å². The Kier molecular flexibility index (Phi) is 15.2. The number of pyridine rings is 2. The fourth-order valence-corrected chi connectivity index (χ4v) is 6.36. The van der Waals surface area contributed by atoms with Gasteiger partial charge in [-0.1, -0.05) is 34.8 Å². The molecule has 16 nitrogen and oxygen atoms in total. The van der Waals surface area contributed by atoms with Gasteiger partial charge in [0.25, 0.3) is 0 Å². The molecule has 0 N–H and O–H groups in total. The fraction of sp³-hybridized carbons (Fsp3) is 0.550. The number of aromatic nitrogens is 6. The molecule has 3 saturated heterocycles. The first-order chi connectivity index (χ1) is 28.0. The lowest BCUT2D eigenvalue weighted by Crippen LogP contribution is -2.41. The van der Waals surface area contributed by atoms with Crippen molar-refractivity contribution in [3.63, 3.8) is 0 Å². The van der Waals surface area contributed by atoms with Crippen molar-refractivity contribution in [3.8, 4) is 11.3 Å². The average Bonchev–Trinajstić information content (AvgIpc) is 3.90. The predicted molar refractivity (Wildman–Crippen MR) is 232 cm³/mol. The van der Waals surface area contributed by atoms with Crippen molar-refractivity contribution in [3.05, 3.63) is 64.3 Å². The normalized spacial score (nSPS) is 17.6. The van der Waals surface area contributed by atoms with E-state index in [1.165, 1.54) is 0 Å². The number of halogens is 3. The molecule has 3 aliphatic heterocycles. The monoisotopic (exact) mass is 890 g/mol. The smallest absolute Gasteiger partial charge is 0.442 e. The number of ether oxygens (including phenoxy) is 4. The first-order valence-electron chi connectivity index (χ1n) is 19.6. The molecule has 3 aliphatic rings. The minimum Gasteiger partial charge on any atom is -0.442 e. The third kappa shape index (κ3) is 13.3. The molecule has 0 atom stereocenters. The number of carbonyl (C=O) groups is 2. The molecule has 4 aromatic rings. The van der Waals surface area contributed by atoms with Crippen LogP contribution in [0.15, 0.2) is 49.1 Å². The van der Waals surface area contributed by atoms with Gasteiger partial charge in [-0.15, -0.1) is 0 Å². The molecule has 7 heterocycles. The van der Waals surface area contributed by atoms with E-state index in [9.17, 15) is 9.59 Å². The van der Waals surface area contributed by atoms with Crippen LogP contribution in [-0.2, 0) is 28.3 Å². The minimum absolute atomic E-state index is 0.425. The van der Waals surface area contributed by atoms with Crippen LogP contribution in [0.2, 0.25) is 15.2 Å². The molecule has 4 aromatic heterocycles. The van der Waals surface area contributed by atoms with Crippen molar-refractivity contribution in [2.75, 3.05) is 62.4 Å². The number of rotatable bonds is 4. The molecule has 0 aliphatic carbocycles. The van der Waals surface area contributed by atoms with Crippen LogP contribution in [0.5, 0.6) is 0 Å². The largest absolute Gasteiger partial charge is 0.498 e. The number of morpholine rings is 2. The van der Waals surface area contributed by atoms with Crippen LogP contribution >= 0.6 is 34.8 Å². The number of hydrogen-bond acceptors (Lipinski definition) is 14. The second kappa shape index (κ2) is 19.4. The van der Waals surface area contributed by atoms with Crippen LogP contribution in [-0.4, -0.2) is 124 Å². The van der Waals surface area contributed by atoms with E-state index in [4.69, 9.17) is 63.1 Å². The van der Waals surface area contributed by atoms with Crippen molar-refractivity contribution in [2.45, 2.75) is 91.6 Å². The Morgan fingerprint density at radius 1 is 0.667 bits per heavy atom. The van der Waals surface area contributed by atoms with Crippen LogP contribution in [0.3, 0.4) is 0 Å². The third-order valence-corrected chi connectivity index (χ3v) is 9.99. The summed E-state index contributed by atoms with van der Waals surface area (Å²) in [6.45, 7) is 24.8. The highest BCUT2D eigenvalue weighted by atomic mass is 35.5. The van der Waals surface area contributed by atoms with Crippen LogP contribution in [0.25, 0.3) is 11.3 Å². The molecular formula is C40H54BCl3N8O8. The van der Waals surface area contributed by atoms with Gasteiger partial charge in [0.1, 0.15) is 28.0 Å². The van der Waals surface area contributed by atoms with Gasteiger partial charge in [-0.05, 0) is 93.5 Å². The van der Waals surface area contributed by atoms with Gasteiger partial charge in [-0.2, -0.15) is 19.6 Å². The molecule has 0 radical (unpaired) electrons. The quantitative estimate of drug-likeness (QED) is 0.147. The van der Waals surface area contributed by atoms with Crippen LogP contribution in [0.1, 0.15) is 69.2 Å². The van der Waals surface area contributed by atoms with Gasteiger partial charge in [0, 0.05) is 65.8 Å². The van der Waals surface area contributed by atoms with Gasteiger partial charge in [-0.25, -0.2) is 19.6 Å². The van der Waals surface area contributed by atoms with E-state index in [0.29, 0.717) is 45.1 Å². The zero-order valence-electron chi connectivity index (χ0n) is 35.8. The lowest BCUT2D eigenvalue weighted by molar-refractivity contribution is 0.00578. The molecule has 60 heavy (non-hydrogen) atoms. The molecule has 3 fully saturated rings. The van der Waals surface area contributed by atoms with E-state index in [1.54, 1.807) is 36.9 Å². The topological polar surface area (TPSA) is 157 Å². The summed E-state index contributed by atoms with van der Waals surface area (Å²) in [5.74, 6) is 1.61. The highest BCUT2D eigenvalue weighted by Crippen LogP contribution is 2.36. The molecular weight excluding hydrogens is 838 g/mol. The summed E-state index contributed by atoms with van der Waals surface area (Å²) >= 11 is 18.0. The minimum atomic E-state index is -0.582. The van der Waals surface area contributed by atoms with Gasteiger partial charge in [0.05, 0.1) is 49.5 Å². The first kappa shape index (κ1) is 47.1. The molecule has 0 amide bonds. The van der Waals surface area contributed by atoms with E-state index in [1.807, 2.05) is 81.4 Å². The third-order valence-electron chi connectivity index (χ3n) is 9.36. The Hall–Kier alpha value is -3.97. The summed E-state index contributed by atoms with van der Waals surface area (Å²) in [4.78, 5) is 37.1. The highest BCUT2D eigenvalue weighted by Gasteiger charge is 2.52. The van der Waals surface area contributed by atoms with Gasteiger partial charge < -0.3 is 38.1 Å². The van der Waals surface area contributed by atoms with Crippen LogP contribution in [0, 0.1) is 0 Å². The molecule has 0 saturated carbocycles. The lowest BCUT2D eigenvalue weighted by atomic mass is 9.82. The van der Waals surface area contributed by atoms with Crippen LogP contribution < -0.4 is 15.3 Å². The Morgan fingerprint density at radius 2 is 1.12 bits per heavy atom. The number of nitrogens with zero attached hydrogens (tertiary/aromatic N) is 8. The number of anilines is 2. The van der Waals surface area contributed by atoms with Crippen molar-refractivity contribution in [1.29, 1.82) is 0 Å². The second-order valence-electron chi connectivity index (χ2n) is 17.1. The Morgan fingerprint density at radius 3 is 1.60 bits per heavy atom. The van der Waals surface area contributed by atoms with Crippen molar-refractivity contribution in [1.82, 2.24) is 29.5 Å². The van der Waals surface area contributed by atoms with Crippen LogP contribution in [0.4, 0.5) is 21.2 Å². The second-order valence-corrected chi connectivity index (χ2v) is 18.4. The van der Waals surface area contributed by atoms with E-state index in [-0.39, 0.29) is 0 Å². The van der Waals surface area contributed by atoms with Crippen molar-refractivity contribution < 1.29 is 37.8 Å². The summed E-state index contributed by atoms with van der Waals surface area (Å²) in [6, 6.07) is 7.03. The molecule has 7 rings (SSSR count). The molecule has 326 valence electrons. The molecule has 0 bridgehead atoms. The zero-order chi connectivity index (χ0) is 44.0. The lowest BCUT2D eigenvalue weighted by Gasteiger charge is -2.32. The molecule has 0 aromatic carbocycles. The molecule has 0 unspecified atom stereocenters. The Labute approximate surface area is 366 Å². The molecule has 20 heteroatoms. The standard InChI is InChI=1S/C17H21ClN4O3.C14H23BN2O4.C9H10Cl2N2O/c1-17(2,3)25-16(23)22-11-12(10-19-22)14-8-13(18)9-15(20-14)21-4-6-24-7-5-21;1-12(2,3)19-11(18)17-9-10(8-16-17)15-20-13(4,5)14(6,7)21-15;10-7-5-8(11)12-9(6-7)13-1-3-14-4-2-13/h8-11H,4-7H2,1-3H3;8-9H,1-7H3;5-6H,1-4H2. The zero-order valence-corrected chi connectivity index (χ0v) is 38.1. The number of carbonyl (C=O) groups excluding carboxylic acids is 2.